The van der Waals surface area contributed by atoms with Gasteiger partial charge < -0.3 is 26.8 Å². The maximum atomic E-state index is 11.2. The third kappa shape index (κ3) is 4.71. The van der Waals surface area contributed by atoms with E-state index < -0.39 is 5.97 Å². The van der Waals surface area contributed by atoms with Crippen LogP contribution in [0.1, 0.15) is 11.1 Å². The fourth-order valence-corrected chi connectivity index (χ4v) is 3.53. The molecule has 0 aliphatic rings. The summed E-state index contributed by atoms with van der Waals surface area (Å²) in [5, 5.41) is 9.86. The third-order valence-corrected chi connectivity index (χ3v) is 4.76. The van der Waals surface area contributed by atoms with Crippen molar-refractivity contribution in [1.82, 2.24) is 9.55 Å². The normalized spacial score (nSPS) is 10.5. The van der Waals surface area contributed by atoms with Crippen molar-refractivity contribution in [2.75, 3.05) is 12.4 Å². The van der Waals surface area contributed by atoms with Gasteiger partial charge in [0.05, 0.1) is 17.6 Å². The van der Waals surface area contributed by atoms with E-state index in [9.17, 15) is 4.79 Å². The number of hydrogen-bond donors (Lipinski definition) is 1. The van der Waals surface area contributed by atoms with E-state index >= 15 is 0 Å². The van der Waals surface area contributed by atoms with Crippen molar-refractivity contribution in [1.29, 1.82) is 0 Å². The van der Waals surface area contributed by atoms with E-state index in [1.807, 2.05) is 43.3 Å². The predicted octanol–water partition coefficient (Wildman–Crippen LogP) is 0.913. The van der Waals surface area contributed by atoms with Crippen molar-refractivity contribution in [3.05, 3.63) is 53.6 Å². The number of aromatic nitrogens is 2. The molecule has 0 aliphatic heterocycles. The number of hydrogen-bond acceptors (Lipinski definition) is 4. The SMILES string of the molecule is Cc1ccc(OCCSc2nc3ccccc3n2CC(=O)O)c(C)c1.[Cl-]. The Bertz CT molecular complexity index is 911. The molecule has 0 saturated carbocycles. The van der Waals surface area contributed by atoms with Gasteiger partial charge in [-0.05, 0) is 37.6 Å². The van der Waals surface area contributed by atoms with E-state index in [1.165, 1.54) is 17.3 Å². The first-order valence-corrected chi connectivity index (χ1v) is 9.03. The molecular weight excluding hydrogens is 372 g/mol. The number of halogens is 1. The van der Waals surface area contributed by atoms with Crippen LogP contribution in [0.5, 0.6) is 5.75 Å². The van der Waals surface area contributed by atoms with Crippen LogP contribution in [0.2, 0.25) is 0 Å². The molecule has 1 aromatic heterocycles. The van der Waals surface area contributed by atoms with Crippen LogP contribution < -0.4 is 17.1 Å². The van der Waals surface area contributed by atoms with Crippen LogP contribution in [-0.4, -0.2) is 33.0 Å². The Labute approximate surface area is 162 Å². The van der Waals surface area contributed by atoms with Gasteiger partial charge in [-0.25, -0.2) is 4.98 Å². The van der Waals surface area contributed by atoms with E-state index in [-0.39, 0.29) is 19.0 Å². The van der Waals surface area contributed by atoms with Crippen LogP contribution in [-0.2, 0) is 11.3 Å². The topological polar surface area (TPSA) is 64.4 Å². The largest absolute Gasteiger partial charge is 1.00 e. The molecule has 0 spiro atoms. The Morgan fingerprint density at radius 3 is 2.73 bits per heavy atom. The Morgan fingerprint density at radius 2 is 2.00 bits per heavy atom. The Balaban J connectivity index is 0.00000243. The number of para-hydroxylation sites is 2. The molecule has 0 bridgehead atoms. The molecule has 5 nitrogen and oxygen atoms in total. The van der Waals surface area contributed by atoms with Crippen LogP contribution in [0, 0.1) is 13.8 Å². The minimum absolute atomic E-state index is 0. The fourth-order valence-electron chi connectivity index (χ4n) is 2.70. The number of carbonyl (C=O) groups is 1. The first-order chi connectivity index (χ1) is 12.0. The van der Waals surface area contributed by atoms with Crippen LogP contribution in [0.25, 0.3) is 11.0 Å². The smallest absolute Gasteiger partial charge is 0.323 e. The lowest BCUT2D eigenvalue weighted by Crippen LogP contribution is -3.00. The first kappa shape index (κ1) is 20.1. The summed E-state index contributed by atoms with van der Waals surface area (Å²) in [5.41, 5.74) is 3.97. The van der Waals surface area contributed by atoms with E-state index in [0.717, 1.165) is 22.3 Å². The Morgan fingerprint density at radius 1 is 1.23 bits per heavy atom. The molecule has 0 unspecified atom stereocenters. The molecule has 0 atom stereocenters. The van der Waals surface area contributed by atoms with Gasteiger partial charge in [-0.15, -0.1) is 0 Å². The van der Waals surface area contributed by atoms with Crippen LogP contribution in [0.15, 0.2) is 47.6 Å². The number of aryl methyl sites for hydroxylation is 2. The highest BCUT2D eigenvalue weighted by Crippen LogP contribution is 2.25. The number of benzene rings is 2. The van der Waals surface area contributed by atoms with Gasteiger partial charge in [-0.3, -0.25) is 4.79 Å². The maximum Gasteiger partial charge on any atom is 0.323 e. The zero-order valence-electron chi connectivity index (χ0n) is 14.6. The standard InChI is InChI=1S/C19H20N2O3S.ClH/c1-13-7-8-17(14(2)11-13)24-9-10-25-19-20-15-5-3-4-6-16(15)21(19)12-18(22)23;/h3-8,11H,9-10,12H2,1-2H3,(H,22,23);1H/p-1. The van der Waals surface area contributed by atoms with Crippen LogP contribution in [0.4, 0.5) is 0 Å². The molecule has 0 radical (unpaired) electrons. The highest BCUT2D eigenvalue weighted by Gasteiger charge is 2.13. The van der Waals surface area contributed by atoms with Gasteiger partial charge in [-0.1, -0.05) is 41.6 Å². The summed E-state index contributed by atoms with van der Waals surface area (Å²) in [6.07, 6.45) is 0. The highest BCUT2D eigenvalue weighted by molar-refractivity contribution is 7.99. The molecule has 0 saturated heterocycles. The van der Waals surface area contributed by atoms with Gasteiger partial charge in [0.2, 0.25) is 0 Å². The molecule has 0 aliphatic carbocycles. The minimum Gasteiger partial charge on any atom is -1.00 e. The second kappa shape index (κ2) is 8.96. The predicted molar refractivity (Wildman–Crippen MR) is 99.5 cm³/mol. The van der Waals surface area contributed by atoms with E-state index in [2.05, 4.69) is 18.0 Å². The number of fused-ring (bicyclic) bond motifs is 1. The zero-order valence-corrected chi connectivity index (χ0v) is 16.2. The van der Waals surface area contributed by atoms with Crippen molar-refractivity contribution < 1.29 is 27.0 Å². The van der Waals surface area contributed by atoms with E-state index in [4.69, 9.17) is 9.84 Å². The summed E-state index contributed by atoms with van der Waals surface area (Å²) in [4.78, 5) is 15.7. The summed E-state index contributed by atoms with van der Waals surface area (Å²) >= 11 is 1.51. The monoisotopic (exact) mass is 391 g/mol. The highest BCUT2D eigenvalue weighted by atomic mass is 35.5. The number of aliphatic carboxylic acids is 1. The number of imidazole rings is 1. The lowest BCUT2D eigenvalue weighted by atomic mass is 10.1. The van der Waals surface area contributed by atoms with Crippen LogP contribution >= 0.6 is 11.8 Å². The maximum absolute atomic E-state index is 11.2. The second-order valence-corrected chi connectivity index (χ2v) is 6.89. The summed E-state index contributed by atoms with van der Waals surface area (Å²) in [5.74, 6) is 0.692. The Hall–Kier alpha value is -2.18. The van der Waals surface area contributed by atoms with Crippen molar-refractivity contribution >= 4 is 28.8 Å². The average Bonchev–Trinajstić information content (AvgIpc) is 2.90. The fraction of sp³-hybridized carbons (Fsp3) is 0.263. The quantitative estimate of drug-likeness (QED) is 0.479. The molecule has 3 rings (SSSR count). The summed E-state index contributed by atoms with van der Waals surface area (Å²) < 4.78 is 7.57. The molecule has 3 aromatic rings. The molecule has 26 heavy (non-hydrogen) atoms. The molecular formula is C19H20ClN2O3S-. The van der Waals surface area contributed by atoms with Gasteiger partial charge >= 0.3 is 5.97 Å². The van der Waals surface area contributed by atoms with Gasteiger partial charge in [0.15, 0.2) is 5.16 Å². The zero-order chi connectivity index (χ0) is 17.8. The number of ether oxygens (including phenoxy) is 1. The van der Waals surface area contributed by atoms with E-state index in [1.54, 1.807) is 4.57 Å². The molecule has 0 amide bonds. The number of thioether (sulfide) groups is 1. The van der Waals surface area contributed by atoms with Crippen LogP contribution in [0.3, 0.4) is 0 Å². The van der Waals surface area contributed by atoms with Crippen molar-refractivity contribution in [2.45, 2.75) is 25.5 Å². The Kier molecular flexibility index (Phi) is 6.94. The third-order valence-electron chi connectivity index (χ3n) is 3.82. The lowest BCUT2D eigenvalue weighted by Gasteiger charge is -2.10. The molecule has 138 valence electrons. The van der Waals surface area contributed by atoms with Gasteiger partial charge in [0.1, 0.15) is 12.3 Å². The van der Waals surface area contributed by atoms with E-state index in [0.29, 0.717) is 17.5 Å². The molecule has 1 N–H and O–H groups in total. The summed E-state index contributed by atoms with van der Waals surface area (Å²) in [6.45, 7) is 4.52. The van der Waals surface area contributed by atoms with Crippen molar-refractivity contribution in [3.63, 3.8) is 0 Å². The number of carboxylic acids is 1. The summed E-state index contributed by atoms with van der Waals surface area (Å²) in [6, 6.07) is 13.7. The van der Waals surface area contributed by atoms with Gasteiger partial charge in [-0.2, -0.15) is 0 Å². The van der Waals surface area contributed by atoms with Gasteiger partial charge in [0, 0.05) is 5.75 Å². The number of carboxylic acid groups (broad SMARTS) is 1. The lowest BCUT2D eigenvalue weighted by molar-refractivity contribution is -0.137. The van der Waals surface area contributed by atoms with Gasteiger partial charge in [0.25, 0.3) is 0 Å². The second-order valence-electron chi connectivity index (χ2n) is 5.83. The minimum atomic E-state index is -0.878. The molecule has 0 fully saturated rings. The number of nitrogens with zero attached hydrogens (tertiary/aromatic N) is 2. The summed E-state index contributed by atoms with van der Waals surface area (Å²) in [7, 11) is 0. The molecule has 2 aromatic carbocycles. The van der Waals surface area contributed by atoms with Crippen molar-refractivity contribution in [3.8, 4) is 5.75 Å². The number of rotatable bonds is 7. The molecule has 1 heterocycles. The first-order valence-electron chi connectivity index (χ1n) is 8.04. The molecule has 7 heteroatoms. The average molecular weight is 392 g/mol. The van der Waals surface area contributed by atoms with Crippen molar-refractivity contribution in [2.24, 2.45) is 0 Å².